The zero-order valence-corrected chi connectivity index (χ0v) is 29.3. The first-order valence-corrected chi connectivity index (χ1v) is 21.5. The van der Waals surface area contributed by atoms with E-state index in [-0.39, 0.29) is 12.5 Å². The van der Waals surface area contributed by atoms with E-state index >= 15 is 0 Å². The summed E-state index contributed by atoms with van der Waals surface area (Å²) in [6, 6.07) is 13.4. The molecule has 1 N–H and O–H groups in total. The maximum Gasteiger partial charge on any atom is 0.189 e. The van der Waals surface area contributed by atoms with E-state index < -0.39 is 16.1 Å². The Morgan fingerprint density at radius 3 is 1.68 bits per heavy atom. The number of hydrogen-bond acceptors (Lipinski definition) is 6. The van der Waals surface area contributed by atoms with Crippen LogP contribution in [0.4, 0.5) is 0 Å². The smallest absolute Gasteiger partial charge is 0.189 e. The van der Waals surface area contributed by atoms with E-state index in [1.165, 1.54) is 13.2 Å². The van der Waals surface area contributed by atoms with Gasteiger partial charge >= 0.3 is 0 Å². The Morgan fingerprint density at radius 2 is 1.22 bits per heavy atom. The fourth-order valence-electron chi connectivity index (χ4n) is 2.39. The zero-order valence-electron chi connectivity index (χ0n) is 23.3. The number of phenolic OH excluding ortho intramolecular Hbond substituents is 1. The molecule has 2 aromatic rings. The predicted octanol–water partition coefficient (Wildman–Crippen LogP) is 8.85. The summed E-state index contributed by atoms with van der Waals surface area (Å²) in [6.45, 7) is 15.8. The van der Waals surface area contributed by atoms with Gasteiger partial charge in [0.05, 0.1) is 14.2 Å². The highest BCUT2D eigenvalue weighted by molar-refractivity contribution is 9.10. The van der Waals surface area contributed by atoms with Crippen LogP contribution in [0.3, 0.4) is 0 Å². The monoisotopic (exact) mass is 700 g/mol. The fourth-order valence-corrected chi connectivity index (χ4v) is 4.69. The minimum atomic E-state index is -1.02. The molecule has 0 aromatic heterocycles. The van der Waals surface area contributed by atoms with Crippen molar-refractivity contribution in [3.63, 3.8) is 0 Å². The van der Waals surface area contributed by atoms with E-state index in [2.05, 4.69) is 71.1 Å². The molecule has 0 heterocycles. The molecule has 0 radical (unpaired) electrons. The number of aromatic hydroxyl groups is 1. The fraction of sp³-hybridized carbons (Fsp3) is 0.538. The Morgan fingerprint density at radius 1 is 0.730 bits per heavy atom. The van der Waals surface area contributed by atoms with E-state index in [9.17, 15) is 0 Å². The minimum Gasteiger partial charge on any atom is -0.504 e. The van der Waals surface area contributed by atoms with Gasteiger partial charge in [-0.25, -0.2) is 0 Å². The van der Waals surface area contributed by atoms with E-state index in [1.807, 2.05) is 18.2 Å². The molecule has 0 saturated heterocycles. The van der Waals surface area contributed by atoms with Gasteiger partial charge in [0.1, 0.15) is 6.07 Å². The van der Waals surface area contributed by atoms with Gasteiger partial charge in [-0.15, -0.1) is 0 Å². The van der Waals surface area contributed by atoms with Crippen LogP contribution in [0, 0.1) is 0 Å². The van der Waals surface area contributed by atoms with Crippen molar-refractivity contribution in [2.75, 3.05) is 40.3 Å². The van der Waals surface area contributed by atoms with Crippen molar-refractivity contribution in [3.05, 3.63) is 45.3 Å². The molecule has 0 saturated carbocycles. The molecule has 11 heteroatoms. The van der Waals surface area contributed by atoms with E-state index in [4.69, 9.17) is 40.4 Å². The van der Waals surface area contributed by atoms with Gasteiger partial charge in [-0.05, 0) is 48.5 Å². The molecule has 2 aromatic carbocycles. The Bertz CT molecular complexity index is 892. The number of methoxy groups -OCH3 is 2. The third-order valence-electron chi connectivity index (χ3n) is 4.64. The van der Waals surface area contributed by atoms with E-state index in [0.29, 0.717) is 23.3 Å². The molecular formula is C26H43Br2ClO6Si2. The quantitative estimate of drug-likeness (QED) is 0.103. The van der Waals surface area contributed by atoms with Gasteiger partial charge in [0.25, 0.3) is 0 Å². The molecule has 0 atom stereocenters. The summed E-state index contributed by atoms with van der Waals surface area (Å²) in [5, 5.41) is 9.09. The van der Waals surface area contributed by atoms with Gasteiger partial charge in [0, 0.05) is 38.3 Å². The SMILES string of the molecule is COc1cc(Br)ccc1O.COc1cc(Br)ccc1OCOCC[Si](C)(C)C.C[Si](C)(C)CCOCCl. The lowest BCUT2D eigenvalue weighted by atomic mass is 10.3. The van der Waals surface area contributed by atoms with Gasteiger partial charge in [-0.3, -0.25) is 0 Å². The van der Waals surface area contributed by atoms with Crippen LogP contribution in [0.5, 0.6) is 23.0 Å². The number of halogens is 3. The van der Waals surface area contributed by atoms with Crippen LogP contribution < -0.4 is 14.2 Å². The molecule has 0 spiro atoms. The van der Waals surface area contributed by atoms with Crippen LogP contribution in [0.1, 0.15) is 0 Å². The maximum absolute atomic E-state index is 9.09. The van der Waals surface area contributed by atoms with Gasteiger partial charge in [0.15, 0.2) is 29.8 Å². The number of ether oxygens (including phenoxy) is 5. The van der Waals surface area contributed by atoms with E-state index in [1.54, 1.807) is 25.3 Å². The summed E-state index contributed by atoms with van der Waals surface area (Å²) in [5.41, 5.74) is 0. The number of alkyl halides is 1. The molecule has 0 aliphatic rings. The molecule has 212 valence electrons. The summed E-state index contributed by atoms with van der Waals surface area (Å²) >= 11 is 12.0. The Labute approximate surface area is 247 Å². The molecule has 6 nitrogen and oxygen atoms in total. The molecule has 0 unspecified atom stereocenters. The lowest BCUT2D eigenvalue weighted by molar-refractivity contribution is 0.0205. The van der Waals surface area contributed by atoms with Crippen LogP contribution in [0.15, 0.2) is 45.3 Å². The summed E-state index contributed by atoms with van der Waals surface area (Å²) < 4.78 is 28.0. The summed E-state index contributed by atoms with van der Waals surface area (Å²) in [7, 11) is 1.24. The van der Waals surface area contributed by atoms with E-state index in [0.717, 1.165) is 28.2 Å². The highest BCUT2D eigenvalue weighted by Gasteiger charge is 2.12. The van der Waals surface area contributed by atoms with Crippen LogP contribution in [-0.2, 0) is 9.47 Å². The van der Waals surface area contributed by atoms with Gasteiger partial charge in [-0.2, -0.15) is 0 Å². The number of rotatable bonds is 12. The summed E-state index contributed by atoms with van der Waals surface area (Å²) in [4.78, 5) is 0. The van der Waals surface area contributed by atoms with Crippen molar-refractivity contribution < 1.29 is 28.8 Å². The molecule has 0 aliphatic heterocycles. The van der Waals surface area contributed by atoms with Crippen molar-refractivity contribution in [1.82, 2.24) is 0 Å². The zero-order chi connectivity index (χ0) is 28.5. The molecular weight excluding hydrogens is 660 g/mol. The lowest BCUT2D eigenvalue weighted by Gasteiger charge is -2.16. The van der Waals surface area contributed by atoms with Crippen molar-refractivity contribution in [3.8, 4) is 23.0 Å². The Kier molecular flexibility index (Phi) is 18.9. The summed E-state index contributed by atoms with van der Waals surface area (Å²) in [5.74, 6) is 2.05. The van der Waals surface area contributed by atoms with Crippen LogP contribution in [0.25, 0.3) is 0 Å². The second kappa shape index (κ2) is 19.3. The second-order valence-electron chi connectivity index (χ2n) is 10.4. The highest BCUT2D eigenvalue weighted by atomic mass is 79.9. The molecule has 0 amide bonds. The minimum absolute atomic E-state index is 0.158. The normalized spacial score (nSPS) is 11.0. The van der Waals surface area contributed by atoms with Crippen LogP contribution in [0.2, 0.25) is 51.4 Å². The molecule has 0 aliphatic carbocycles. The van der Waals surface area contributed by atoms with Gasteiger partial charge < -0.3 is 28.8 Å². The Hall–Kier alpha value is -0.756. The molecule has 0 bridgehead atoms. The number of hydrogen-bond donors (Lipinski definition) is 1. The van der Waals surface area contributed by atoms with Crippen molar-refractivity contribution >= 4 is 59.6 Å². The Balaban J connectivity index is 0.000000577. The van der Waals surface area contributed by atoms with Gasteiger partial charge in [-0.1, -0.05) is 82.7 Å². The van der Waals surface area contributed by atoms with Crippen molar-refractivity contribution in [1.29, 1.82) is 0 Å². The van der Waals surface area contributed by atoms with Gasteiger partial charge in [0.2, 0.25) is 0 Å². The topological polar surface area (TPSA) is 66.4 Å². The average Bonchev–Trinajstić information content (AvgIpc) is 2.80. The standard InChI is InChI=1S/C13H21BrO3Si.C7H7BrO2.C6H15ClOSi/c1-15-13-9-11(14)5-6-12(13)17-10-16-7-8-18(2,3)4;1-10-7-4-5(8)2-3-6(7)9;1-9(2,3)5-4-8-6-7/h5-6,9H,7-8,10H2,1-4H3;2-4,9H,1H3;4-6H2,1-3H3. The third kappa shape index (κ3) is 19.9. The first kappa shape index (κ1) is 36.2. The first-order valence-electron chi connectivity index (χ1n) is 11.9. The summed E-state index contributed by atoms with van der Waals surface area (Å²) in [6.07, 6.45) is 0. The average molecular weight is 703 g/mol. The molecule has 37 heavy (non-hydrogen) atoms. The predicted molar refractivity (Wildman–Crippen MR) is 167 cm³/mol. The van der Waals surface area contributed by atoms with Crippen LogP contribution in [-0.4, -0.2) is 61.5 Å². The van der Waals surface area contributed by atoms with Crippen molar-refractivity contribution in [2.45, 2.75) is 51.4 Å². The number of benzene rings is 2. The van der Waals surface area contributed by atoms with Crippen molar-refractivity contribution in [2.24, 2.45) is 0 Å². The third-order valence-corrected chi connectivity index (χ3v) is 9.18. The van der Waals surface area contributed by atoms with Crippen LogP contribution >= 0.6 is 43.5 Å². The highest BCUT2D eigenvalue weighted by Crippen LogP contribution is 2.30. The molecule has 0 fully saturated rings. The number of phenols is 1. The first-order chi connectivity index (χ1) is 17.2. The lowest BCUT2D eigenvalue weighted by Crippen LogP contribution is -2.22. The largest absolute Gasteiger partial charge is 0.504 e. The second-order valence-corrected chi connectivity index (χ2v) is 23.7. The molecule has 2 rings (SSSR count). The maximum atomic E-state index is 9.09.